The lowest BCUT2D eigenvalue weighted by molar-refractivity contribution is -0.274. The number of aryl methyl sites for hydroxylation is 1. The molecule has 1 heterocycles. The standard InChI is InChI=1S/C13H13BrF3N3O/c1-20-10(5-7-19-20)4-6-18-9-2-3-12(11(14)8-9)21-13(15,16)17/h2-3,5,7-8,18H,4,6H2,1H3. The lowest BCUT2D eigenvalue weighted by Crippen LogP contribution is -2.17. The third-order valence-electron chi connectivity index (χ3n) is 2.79. The van der Waals surface area contributed by atoms with Crippen molar-refractivity contribution in [3.63, 3.8) is 0 Å². The van der Waals surface area contributed by atoms with Crippen LogP contribution < -0.4 is 10.1 Å². The lowest BCUT2D eigenvalue weighted by atomic mass is 10.2. The number of ether oxygens (including phenoxy) is 1. The molecular formula is C13H13BrF3N3O. The first-order valence-corrected chi connectivity index (χ1v) is 6.90. The number of hydrogen-bond donors (Lipinski definition) is 1. The van der Waals surface area contributed by atoms with Crippen LogP contribution in [0.15, 0.2) is 34.9 Å². The molecule has 0 amide bonds. The molecule has 1 N–H and O–H groups in total. The van der Waals surface area contributed by atoms with Crippen LogP contribution in [0, 0.1) is 0 Å². The minimum atomic E-state index is -4.70. The van der Waals surface area contributed by atoms with Gasteiger partial charge in [0.1, 0.15) is 5.75 Å². The molecule has 0 spiro atoms. The summed E-state index contributed by atoms with van der Waals surface area (Å²) in [6.07, 6.45) is -2.22. The fourth-order valence-electron chi connectivity index (χ4n) is 1.80. The number of nitrogens with zero attached hydrogens (tertiary/aromatic N) is 2. The minimum absolute atomic E-state index is 0.241. The molecule has 2 aromatic rings. The third kappa shape index (κ3) is 4.66. The lowest BCUT2D eigenvalue weighted by Gasteiger charge is -2.12. The van der Waals surface area contributed by atoms with Crippen LogP contribution in [0.2, 0.25) is 0 Å². The molecule has 0 aliphatic rings. The van der Waals surface area contributed by atoms with Gasteiger partial charge in [-0.15, -0.1) is 13.2 Å². The van der Waals surface area contributed by atoms with Crippen LogP contribution in [-0.2, 0) is 13.5 Å². The molecule has 0 radical (unpaired) electrons. The second kappa shape index (κ2) is 6.38. The smallest absolute Gasteiger partial charge is 0.405 e. The Bertz CT molecular complexity index is 613. The average molecular weight is 364 g/mol. The molecule has 0 fully saturated rings. The van der Waals surface area contributed by atoms with Crippen molar-refractivity contribution in [2.45, 2.75) is 12.8 Å². The number of benzene rings is 1. The van der Waals surface area contributed by atoms with E-state index in [1.807, 2.05) is 13.1 Å². The number of anilines is 1. The molecule has 1 aromatic carbocycles. The van der Waals surface area contributed by atoms with Gasteiger partial charge in [-0.2, -0.15) is 5.10 Å². The summed E-state index contributed by atoms with van der Waals surface area (Å²) in [5.74, 6) is -0.264. The minimum Gasteiger partial charge on any atom is -0.405 e. The maximum absolute atomic E-state index is 12.2. The molecule has 0 aliphatic heterocycles. The number of nitrogens with one attached hydrogen (secondary N) is 1. The van der Waals surface area contributed by atoms with Crippen LogP contribution in [0.25, 0.3) is 0 Å². The average Bonchev–Trinajstić information content (AvgIpc) is 2.77. The van der Waals surface area contributed by atoms with E-state index in [2.05, 4.69) is 31.1 Å². The van der Waals surface area contributed by atoms with Crippen molar-refractivity contribution in [2.75, 3.05) is 11.9 Å². The molecule has 2 rings (SSSR count). The zero-order valence-electron chi connectivity index (χ0n) is 11.1. The summed E-state index contributed by atoms with van der Waals surface area (Å²) in [5.41, 5.74) is 1.78. The molecule has 4 nitrogen and oxygen atoms in total. The van der Waals surface area contributed by atoms with Crippen molar-refractivity contribution in [1.29, 1.82) is 0 Å². The summed E-state index contributed by atoms with van der Waals surface area (Å²) >= 11 is 3.06. The Morgan fingerprint density at radius 1 is 1.33 bits per heavy atom. The van der Waals surface area contributed by atoms with Crippen molar-refractivity contribution in [3.8, 4) is 5.75 Å². The first kappa shape index (κ1) is 15.7. The number of halogens is 4. The predicted molar refractivity (Wildman–Crippen MR) is 76.2 cm³/mol. The molecule has 1 aromatic heterocycles. The van der Waals surface area contributed by atoms with Crippen LogP contribution in [0.3, 0.4) is 0 Å². The van der Waals surface area contributed by atoms with E-state index < -0.39 is 6.36 Å². The fourth-order valence-corrected chi connectivity index (χ4v) is 2.26. The number of rotatable bonds is 5. The first-order chi connectivity index (χ1) is 9.85. The van der Waals surface area contributed by atoms with Crippen molar-refractivity contribution in [2.24, 2.45) is 7.05 Å². The van der Waals surface area contributed by atoms with Crippen LogP contribution in [-0.4, -0.2) is 22.7 Å². The van der Waals surface area contributed by atoms with E-state index in [0.717, 1.165) is 12.1 Å². The van der Waals surface area contributed by atoms with Gasteiger partial charge in [-0.1, -0.05) is 0 Å². The van der Waals surface area contributed by atoms with Crippen molar-refractivity contribution in [1.82, 2.24) is 9.78 Å². The highest BCUT2D eigenvalue weighted by Crippen LogP contribution is 2.32. The Labute approximate surface area is 128 Å². The van der Waals surface area contributed by atoms with E-state index >= 15 is 0 Å². The molecule has 0 bridgehead atoms. The van der Waals surface area contributed by atoms with E-state index in [-0.39, 0.29) is 10.2 Å². The largest absolute Gasteiger partial charge is 0.573 e. The SMILES string of the molecule is Cn1nccc1CCNc1ccc(OC(F)(F)F)c(Br)c1. The molecule has 8 heteroatoms. The van der Waals surface area contributed by atoms with Gasteiger partial charge >= 0.3 is 6.36 Å². The summed E-state index contributed by atoms with van der Waals surface area (Å²) in [5, 5.41) is 7.19. The van der Waals surface area contributed by atoms with Crippen molar-refractivity contribution < 1.29 is 17.9 Å². The van der Waals surface area contributed by atoms with E-state index in [4.69, 9.17) is 0 Å². The maximum Gasteiger partial charge on any atom is 0.573 e. The molecule has 0 aliphatic carbocycles. The van der Waals surface area contributed by atoms with E-state index in [9.17, 15) is 13.2 Å². The van der Waals surface area contributed by atoms with Gasteiger partial charge in [-0.3, -0.25) is 4.68 Å². The van der Waals surface area contributed by atoms with Gasteiger partial charge < -0.3 is 10.1 Å². The summed E-state index contributed by atoms with van der Waals surface area (Å²) in [4.78, 5) is 0. The Morgan fingerprint density at radius 2 is 2.10 bits per heavy atom. The second-order valence-electron chi connectivity index (χ2n) is 4.32. The summed E-state index contributed by atoms with van der Waals surface area (Å²) in [7, 11) is 1.86. The molecule has 0 saturated carbocycles. The quantitative estimate of drug-likeness (QED) is 0.879. The van der Waals surface area contributed by atoms with Crippen LogP contribution in [0.1, 0.15) is 5.69 Å². The van der Waals surface area contributed by atoms with Gasteiger partial charge in [-0.25, -0.2) is 0 Å². The highest BCUT2D eigenvalue weighted by Gasteiger charge is 2.31. The zero-order valence-corrected chi connectivity index (χ0v) is 12.7. The van der Waals surface area contributed by atoms with Crippen LogP contribution in [0.5, 0.6) is 5.75 Å². The molecule has 0 unspecified atom stereocenters. The Hall–Kier alpha value is -1.70. The van der Waals surface area contributed by atoms with Gasteiger partial charge in [0.25, 0.3) is 0 Å². The van der Waals surface area contributed by atoms with Gasteiger partial charge in [0.2, 0.25) is 0 Å². The number of alkyl halides is 3. The normalized spacial score (nSPS) is 11.5. The molecule has 114 valence electrons. The van der Waals surface area contributed by atoms with Gasteiger partial charge in [0, 0.05) is 37.6 Å². The van der Waals surface area contributed by atoms with Crippen LogP contribution >= 0.6 is 15.9 Å². The molecular weight excluding hydrogens is 351 g/mol. The topological polar surface area (TPSA) is 39.1 Å². The second-order valence-corrected chi connectivity index (χ2v) is 5.17. The summed E-state index contributed by atoms with van der Waals surface area (Å²) < 4.78 is 42.4. The maximum atomic E-state index is 12.2. The zero-order chi connectivity index (χ0) is 15.5. The molecule has 21 heavy (non-hydrogen) atoms. The monoisotopic (exact) mass is 363 g/mol. The fraction of sp³-hybridized carbons (Fsp3) is 0.308. The summed E-state index contributed by atoms with van der Waals surface area (Å²) in [6.45, 7) is 0.644. The molecule has 0 atom stereocenters. The third-order valence-corrected chi connectivity index (χ3v) is 3.41. The first-order valence-electron chi connectivity index (χ1n) is 6.11. The van der Waals surface area contributed by atoms with E-state index in [1.54, 1.807) is 16.9 Å². The Morgan fingerprint density at radius 3 is 2.67 bits per heavy atom. The Balaban J connectivity index is 1.93. The highest BCUT2D eigenvalue weighted by atomic mass is 79.9. The van der Waals surface area contributed by atoms with Gasteiger partial charge in [0.05, 0.1) is 4.47 Å². The van der Waals surface area contributed by atoms with Crippen molar-refractivity contribution in [3.05, 3.63) is 40.6 Å². The van der Waals surface area contributed by atoms with Crippen LogP contribution in [0.4, 0.5) is 18.9 Å². The number of aromatic nitrogens is 2. The highest BCUT2D eigenvalue weighted by molar-refractivity contribution is 9.10. The van der Waals surface area contributed by atoms with Gasteiger partial charge in [-0.05, 0) is 40.2 Å². The van der Waals surface area contributed by atoms with E-state index in [1.165, 1.54) is 12.1 Å². The van der Waals surface area contributed by atoms with Gasteiger partial charge in [0.15, 0.2) is 0 Å². The Kier molecular flexibility index (Phi) is 4.76. The summed E-state index contributed by atoms with van der Waals surface area (Å²) in [6, 6.07) is 6.27. The predicted octanol–water partition coefficient (Wildman–Crippen LogP) is 3.74. The molecule has 0 saturated heterocycles. The van der Waals surface area contributed by atoms with E-state index in [0.29, 0.717) is 12.2 Å². The van der Waals surface area contributed by atoms with Crippen molar-refractivity contribution >= 4 is 21.6 Å². The number of hydrogen-bond acceptors (Lipinski definition) is 3.